The standard InChI is InChI=1S/C24H30N4O3/c1-2-22(29)26-13-6-5-12-21(25)24(31)28-16-14-27(15-17-28)23(30)20-11-7-9-18-8-3-4-10-19(18)20/h2-4,7-11,21H,1,5-6,12-17,25H2,(H,26,29)/t21-/m0/s1. The molecule has 0 unspecified atom stereocenters. The summed E-state index contributed by atoms with van der Waals surface area (Å²) in [7, 11) is 0. The molecule has 1 aliphatic rings. The number of amides is 3. The zero-order valence-electron chi connectivity index (χ0n) is 17.8. The third kappa shape index (κ3) is 5.70. The zero-order chi connectivity index (χ0) is 22.2. The second-order valence-electron chi connectivity index (χ2n) is 7.74. The molecule has 7 nitrogen and oxygen atoms in total. The number of rotatable bonds is 8. The van der Waals surface area contributed by atoms with Crippen LogP contribution in [0, 0.1) is 0 Å². The number of hydrogen-bond donors (Lipinski definition) is 2. The Bertz CT molecular complexity index is 945. The molecule has 1 heterocycles. The average Bonchev–Trinajstić information content (AvgIpc) is 2.82. The molecule has 0 aromatic heterocycles. The molecule has 0 bridgehead atoms. The topological polar surface area (TPSA) is 95.7 Å². The van der Waals surface area contributed by atoms with Crippen molar-refractivity contribution in [1.82, 2.24) is 15.1 Å². The number of hydrogen-bond acceptors (Lipinski definition) is 4. The lowest BCUT2D eigenvalue weighted by Crippen LogP contribution is -2.54. The summed E-state index contributed by atoms with van der Waals surface area (Å²) >= 11 is 0. The Labute approximate surface area is 182 Å². The Balaban J connectivity index is 1.47. The molecule has 164 valence electrons. The number of piperazine rings is 1. The molecule has 0 aliphatic carbocycles. The fraction of sp³-hybridized carbons (Fsp3) is 0.375. The lowest BCUT2D eigenvalue weighted by molar-refractivity contribution is -0.134. The molecule has 1 fully saturated rings. The summed E-state index contributed by atoms with van der Waals surface area (Å²) in [5.41, 5.74) is 6.78. The van der Waals surface area contributed by atoms with Gasteiger partial charge in [-0.3, -0.25) is 14.4 Å². The van der Waals surface area contributed by atoms with Crippen LogP contribution < -0.4 is 11.1 Å². The van der Waals surface area contributed by atoms with Gasteiger partial charge in [-0.2, -0.15) is 0 Å². The van der Waals surface area contributed by atoms with Crippen molar-refractivity contribution >= 4 is 28.5 Å². The number of carbonyl (C=O) groups is 3. The zero-order valence-corrected chi connectivity index (χ0v) is 17.8. The first-order valence-electron chi connectivity index (χ1n) is 10.7. The van der Waals surface area contributed by atoms with E-state index in [1.54, 1.807) is 9.80 Å². The summed E-state index contributed by atoms with van der Waals surface area (Å²) in [5, 5.41) is 4.69. The second kappa shape index (κ2) is 10.7. The number of carbonyl (C=O) groups excluding carboxylic acids is 3. The molecule has 0 spiro atoms. The quantitative estimate of drug-likeness (QED) is 0.502. The minimum absolute atomic E-state index is 0.00484. The van der Waals surface area contributed by atoms with Crippen LogP contribution in [0.3, 0.4) is 0 Å². The van der Waals surface area contributed by atoms with Crippen LogP contribution in [0.4, 0.5) is 0 Å². The smallest absolute Gasteiger partial charge is 0.254 e. The van der Waals surface area contributed by atoms with Gasteiger partial charge in [0.1, 0.15) is 0 Å². The van der Waals surface area contributed by atoms with E-state index in [-0.39, 0.29) is 17.7 Å². The average molecular weight is 423 g/mol. The summed E-state index contributed by atoms with van der Waals surface area (Å²) in [6, 6.07) is 13.0. The Morgan fingerprint density at radius 1 is 1.00 bits per heavy atom. The number of benzene rings is 2. The fourth-order valence-electron chi connectivity index (χ4n) is 3.84. The molecular formula is C24H30N4O3. The van der Waals surface area contributed by atoms with E-state index in [0.29, 0.717) is 44.7 Å². The largest absolute Gasteiger partial charge is 0.353 e. The normalized spacial score (nSPS) is 14.9. The van der Waals surface area contributed by atoms with Crippen LogP contribution in [0.2, 0.25) is 0 Å². The molecule has 7 heteroatoms. The Hall–Kier alpha value is -3.19. The van der Waals surface area contributed by atoms with Crippen molar-refractivity contribution in [2.45, 2.75) is 25.3 Å². The maximum atomic E-state index is 13.1. The van der Waals surface area contributed by atoms with Gasteiger partial charge in [0.15, 0.2) is 0 Å². The molecule has 1 saturated heterocycles. The van der Waals surface area contributed by atoms with Crippen LogP contribution in [0.25, 0.3) is 10.8 Å². The highest BCUT2D eigenvalue weighted by Gasteiger charge is 2.28. The molecule has 3 rings (SSSR count). The van der Waals surface area contributed by atoms with Gasteiger partial charge >= 0.3 is 0 Å². The van der Waals surface area contributed by atoms with Crippen LogP contribution in [-0.4, -0.2) is 66.3 Å². The Morgan fingerprint density at radius 2 is 1.68 bits per heavy atom. The predicted molar refractivity (Wildman–Crippen MR) is 121 cm³/mol. The van der Waals surface area contributed by atoms with Crippen LogP contribution in [0.15, 0.2) is 55.1 Å². The molecule has 1 atom stereocenters. The Morgan fingerprint density at radius 3 is 2.42 bits per heavy atom. The molecular weight excluding hydrogens is 392 g/mol. The van der Waals surface area contributed by atoms with Gasteiger partial charge in [0.2, 0.25) is 11.8 Å². The van der Waals surface area contributed by atoms with Gasteiger partial charge in [0, 0.05) is 38.3 Å². The number of nitrogens with two attached hydrogens (primary N) is 1. The number of fused-ring (bicyclic) bond motifs is 1. The van der Waals surface area contributed by atoms with Gasteiger partial charge in [0.25, 0.3) is 5.91 Å². The van der Waals surface area contributed by atoms with Crippen molar-refractivity contribution in [3.05, 3.63) is 60.7 Å². The highest BCUT2D eigenvalue weighted by atomic mass is 16.2. The van der Waals surface area contributed by atoms with Gasteiger partial charge in [-0.25, -0.2) is 0 Å². The van der Waals surface area contributed by atoms with Crippen molar-refractivity contribution in [2.24, 2.45) is 5.73 Å². The third-order valence-electron chi connectivity index (χ3n) is 5.64. The SMILES string of the molecule is C=CC(=O)NCCCC[C@H](N)C(=O)N1CCN(C(=O)c2cccc3ccccc23)CC1. The molecule has 0 saturated carbocycles. The van der Waals surface area contributed by atoms with Crippen LogP contribution in [0.1, 0.15) is 29.6 Å². The minimum atomic E-state index is -0.560. The maximum Gasteiger partial charge on any atom is 0.254 e. The van der Waals surface area contributed by atoms with E-state index in [1.165, 1.54) is 6.08 Å². The second-order valence-corrected chi connectivity index (χ2v) is 7.74. The van der Waals surface area contributed by atoms with Crippen molar-refractivity contribution in [2.75, 3.05) is 32.7 Å². The van der Waals surface area contributed by atoms with E-state index in [0.717, 1.165) is 23.6 Å². The predicted octanol–water partition coefficient (Wildman–Crippen LogP) is 1.92. The van der Waals surface area contributed by atoms with Crippen molar-refractivity contribution in [3.8, 4) is 0 Å². The first kappa shape index (κ1) is 22.5. The third-order valence-corrected chi connectivity index (χ3v) is 5.64. The number of unbranched alkanes of at least 4 members (excludes halogenated alkanes) is 1. The lowest BCUT2D eigenvalue weighted by Gasteiger charge is -2.36. The molecule has 3 N–H and O–H groups in total. The van der Waals surface area contributed by atoms with E-state index in [9.17, 15) is 14.4 Å². The highest BCUT2D eigenvalue weighted by molar-refractivity contribution is 6.07. The van der Waals surface area contributed by atoms with Gasteiger partial charge < -0.3 is 20.9 Å². The van der Waals surface area contributed by atoms with Crippen molar-refractivity contribution in [1.29, 1.82) is 0 Å². The van der Waals surface area contributed by atoms with Gasteiger partial charge in [0.05, 0.1) is 6.04 Å². The lowest BCUT2D eigenvalue weighted by atomic mass is 10.0. The van der Waals surface area contributed by atoms with E-state index in [2.05, 4.69) is 11.9 Å². The molecule has 3 amide bonds. The van der Waals surface area contributed by atoms with Gasteiger partial charge in [-0.15, -0.1) is 0 Å². The van der Waals surface area contributed by atoms with Crippen LogP contribution >= 0.6 is 0 Å². The monoisotopic (exact) mass is 422 g/mol. The van der Waals surface area contributed by atoms with E-state index < -0.39 is 6.04 Å². The summed E-state index contributed by atoms with van der Waals surface area (Å²) in [6.45, 7) is 5.90. The van der Waals surface area contributed by atoms with E-state index in [1.807, 2.05) is 42.5 Å². The molecule has 2 aromatic carbocycles. The highest BCUT2D eigenvalue weighted by Crippen LogP contribution is 2.21. The molecule has 31 heavy (non-hydrogen) atoms. The first-order valence-corrected chi connectivity index (χ1v) is 10.7. The van der Waals surface area contributed by atoms with Crippen molar-refractivity contribution in [3.63, 3.8) is 0 Å². The van der Waals surface area contributed by atoms with Gasteiger partial charge in [-0.05, 0) is 42.2 Å². The Kier molecular flexibility index (Phi) is 7.78. The van der Waals surface area contributed by atoms with E-state index in [4.69, 9.17) is 5.73 Å². The molecule has 0 radical (unpaired) electrons. The maximum absolute atomic E-state index is 13.1. The fourth-order valence-corrected chi connectivity index (χ4v) is 3.84. The van der Waals surface area contributed by atoms with Crippen molar-refractivity contribution < 1.29 is 14.4 Å². The summed E-state index contributed by atoms with van der Waals surface area (Å²) in [4.78, 5) is 40.4. The molecule has 1 aliphatic heterocycles. The summed E-state index contributed by atoms with van der Waals surface area (Å²) < 4.78 is 0. The van der Waals surface area contributed by atoms with Gasteiger partial charge in [-0.1, -0.05) is 43.0 Å². The summed E-state index contributed by atoms with van der Waals surface area (Å²) in [6.07, 6.45) is 3.32. The molecule has 2 aromatic rings. The van der Waals surface area contributed by atoms with Crippen LogP contribution in [0.5, 0.6) is 0 Å². The number of nitrogens with one attached hydrogen (secondary N) is 1. The summed E-state index contributed by atoms with van der Waals surface area (Å²) in [5.74, 6) is -0.279. The first-order chi connectivity index (χ1) is 15.0. The minimum Gasteiger partial charge on any atom is -0.353 e. The van der Waals surface area contributed by atoms with E-state index >= 15 is 0 Å². The number of nitrogens with zero attached hydrogens (tertiary/aromatic N) is 2. The van der Waals surface area contributed by atoms with Crippen LogP contribution in [-0.2, 0) is 9.59 Å².